The van der Waals surface area contributed by atoms with Crippen LogP contribution in [0.4, 0.5) is 4.79 Å². The molecule has 0 saturated carbocycles. The van der Waals surface area contributed by atoms with Gasteiger partial charge in [-0.2, -0.15) is 0 Å². The van der Waals surface area contributed by atoms with Crippen molar-refractivity contribution in [3.8, 4) is 0 Å². The molecule has 26 heavy (non-hydrogen) atoms. The predicted molar refractivity (Wildman–Crippen MR) is 100 cm³/mol. The highest BCUT2D eigenvalue weighted by atomic mass is 16.6. The minimum Gasteiger partial charge on any atom is -0.444 e. The van der Waals surface area contributed by atoms with Crippen molar-refractivity contribution in [1.82, 2.24) is 10.6 Å². The lowest BCUT2D eigenvalue weighted by molar-refractivity contribution is -0.128. The van der Waals surface area contributed by atoms with E-state index in [2.05, 4.69) is 10.6 Å². The molecule has 0 aromatic carbocycles. The largest absolute Gasteiger partial charge is 0.444 e. The molecule has 152 valence electrons. The van der Waals surface area contributed by atoms with Crippen LogP contribution in [0.2, 0.25) is 0 Å². The fourth-order valence-electron chi connectivity index (χ4n) is 2.26. The molecule has 0 rings (SSSR count). The van der Waals surface area contributed by atoms with Crippen molar-refractivity contribution in [2.24, 2.45) is 17.2 Å². The quantitative estimate of drug-likeness (QED) is 0.305. The molecule has 0 heterocycles. The highest BCUT2D eigenvalue weighted by Crippen LogP contribution is 2.09. The van der Waals surface area contributed by atoms with Crippen LogP contribution in [0.5, 0.6) is 0 Å². The lowest BCUT2D eigenvalue weighted by Crippen LogP contribution is -2.53. The van der Waals surface area contributed by atoms with Gasteiger partial charge in [0, 0.05) is 0 Å². The molecule has 9 heteroatoms. The van der Waals surface area contributed by atoms with Crippen molar-refractivity contribution in [3.63, 3.8) is 0 Å². The molecule has 0 fully saturated rings. The molecule has 0 spiro atoms. The van der Waals surface area contributed by atoms with Crippen LogP contribution in [0, 0.1) is 0 Å². The van der Waals surface area contributed by atoms with E-state index in [-0.39, 0.29) is 0 Å². The van der Waals surface area contributed by atoms with Gasteiger partial charge in [0.1, 0.15) is 17.7 Å². The highest BCUT2D eigenvalue weighted by Gasteiger charge is 2.27. The minimum absolute atomic E-state index is 0.385. The molecule has 0 unspecified atom stereocenters. The van der Waals surface area contributed by atoms with Crippen molar-refractivity contribution in [2.45, 2.75) is 77.0 Å². The Morgan fingerprint density at radius 2 is 1.38 bits per heavy atom. The van der Waals surface area contributed by atoms with E-state index in [1.165, 1.54) is 0 Å². The molecule has 0 radical (unpaired) electrons. The van der Waals surface area contributed by atoms with Gasteiger partial charge >= 0.3 is 6.09 Å². The van der Waals surface area contributed by atoms with E-state index in [4.69, 9.17) is 21.9 Å². The highest BCUT2D eigenvalue weighted by molar-refractivity contribution is 5.90. The van der Waals surface area contributed by atoms with Gasteiger partial charge in [-0.15, -0.1) is 0 Å². The van der Waals surface area contributed by atoms with E-state index in [1.54, 1.807) is 20.8 Å². The second-order valence-electron chi connectivity index (χ2n) is 7.23. The molecular formula is C17H35N5O4. The summed E-state index contributed by atoms with van der Waals surface area (Å²) in [7, 11) is 0. The third-order valence-electron chi connectivity index (χ3n) is 3.56. The number of rotatable bonds is 12. The Morgan fingerprint density at radius 3 is 1.81 bits per heavy atom. The fourth-order valence-corrected chi connectivity index (χ4v) is 2.26. The second kappa shape index (κ2) is 12.5. The summed E-state index contributed by atoms with van der Waals surface area (Å²) in [6, 6.07) is -1.63. The summed E-state index contributed by atoms with van der Waals surface area (Å²) >= 11 is 0. The Morgan fingerprint density at radius 1 is 0.885 bits per heavy atom. The number of hydrogen-bond acceptors (Lipinski definition) is 6. The number of carbonyl (C=O) groups excluding carboxylic acids is 3. The van der Waals surface area contributed by atoms with E-state index in [0.29, 0.717) is 38.8 Å². The molecule has 0 saturated heterocycles. The van der Waals surface area contributed by atoms with Crippen LogP contribution >= 0.6 is 0 Å². The Hall–Kier alpha value is -1.87. The average Bonchev–Trinajstić information content (AvgIpc) is 2.51. The van der Waals surface area contributed by atoms with Gasteiger partial charge in [-0.05, 0) is 72.4 Å². The average molecular weight is 373 g/mol. The fraction of sp³-hybridized carbons (Fsp3) is 0.824. The summed E-state index contributed by atoms with van der Waals surface area (Å²) in [4.78, 5) is 36.1. The third-order valence-corrected chi connectivity index (χ3v) is 3.56. The van der Waals surface area contributed by atoms with Gasteiger partial charge in [0.15, 0.2) is 0 Å². The first-order chi connectivity index (χ1) is 12.1. The molecule has 3 amide bonds. The topological polar surface area (TPSA) is 163 Å². The van der Waals surface area contributed by atoms with E-state index < -0.39 is 35.6 Å². The molecule has 0 aromatic rings. The van der Waals surface area contributed by atoms with Gasteiger partial charge in [0.2, 0.25) is 11.8 Å². The standard InChI is InChI=1S/C17H35N5O4/c1-17(2,3)26-16(25)22-13(9-5-7-11-19)15(24)21-12(14(20)23)8-4-6-10-18/h12-13H,4-11,18-19H2,1-3H3,(H2,20,23)(H,21,24)(H,22,25)/t12-,13-/m0/s1. The van der Waals surface area contributed by atoms with Gasteiger partial charge < -0.3 is 32.6 Å². The number of hydrogen-bond donors (Lipinski definition) is 5. The normalized spacial score (nSPS) is 13.6. The van der Waals surface area contributed by atoms with Gasteiger partial charge in [-0.25, -0.2) is 4.79 Å². The third kappa shape index (κ3) is 11.6. The van der Waals surface area contributed by atoms with E-state index >= 15 is 0 Å². The van der Waals surface area contributed by atoms with Crippen LogP contribution in [0.3, 0.4) is 0 Å². The Balaban J connectivity index is 4.88. The van der Waals surface area contributed by atoms with Gasteiger partial charge in [-0.3, -0.25) is 9.59 Å². The van der Waals surface area contributed by atoms with Crippen LogP contribution in [0.1, 0.15) is 59.3 Å². The molecule has 0 aliphatic rings. The summed E-state index contributed by atoms with van der Waals surface area (Å²) < 4.78 is 5.20. The van der Waals surface area contributed by atoms with Gasteiger partial charge in [0.05, 0.1) is 0 Å². The number of nitrogens with two attached hydrogens (primary N) is 3. The molecule has 9 nitrogen and oxygen atoms in total. The number of unbranched alkanes of at least 4 members (excludes halogenated alkanes) is 2. The SMILES string of the molecule is CC(C)(C)OC(=O)N[C@@H](CCCCN)C(=O)N[C@@H](CCCCN)C(N)=O. The maximum Gasteiger partial charge on any atom is 0.408 e. The number of ether oxygens (including phenoxy) is 1. The summed E-state index contributed by atoms with van der Waals surface area (Å²) in [5.74, 6) is -1.09. The number of carbonyl (C=O) groups is 3. The van der Waals surface area contributed by atoms with E-state index in [9.17, 15) is 14.4 Å². The maximum atomic E-state index is 12.5. The van der Waals surface area contributed by atoms with Gasteiger partial charge in [0.25, 0.3) is 0 Å². The summed E-state index contributed by atoms with van der Waals surface area (Å²) in [5.41, 5.74) is 15.6. The Bertz CT molecular complexity index is 451. The van der Waals surface area contributed by atoms with Crippen LogP contribution in [-0.2, 0) is 14.3 Å². The molecule has 2 atom stereocenters. The minimum atomic E-state index is -0.826. The van der Waals surface area contributed by atoms with Crippen molar-refractivity contribution in [3.05, 3.63) is 0 Å². The first-order valence-corrected chi connectivity index (χ1v) is 9.10. The van der Waals surface area contributed by atoms with Crippen molar-refractivity contribution in [1.29, 1.82) is 0 Å². The first-order valence-electron chi connectivity index (χ1n) is 9.10. The number of nitrogens with one attached hydrogen (secondary N) is 2. The van der Waals surface area contributed by atoms with Gasteiger partial charge in [-0.1, -0.05) is 0 Å². The van der Waals surface area contributed by atoms with Crippen LogP contribution < -0.4 is 27.8 Å². The van der Waals surface area contributed by atoms with E-state index in [0.717, 1.165) is 12.8 Å². The summed E-state index contributed by atoms with van der Waals surface area (Å²) in [6.07, 6.45) is 2.87. The summed E-state index contributed by atoms with van der Waals surface area (Å²) in [5, 5.41) is 5.17. The monoisotopic (exact) mass is 373 g/mol. The molecular weight excluding hydrogens is 338 g/mol. The maximum absolute atomic E-state index is 12.5. The number of alkyl carbamates (subject to hydrolysis) is 1. The second-order valence-corrected chi connectivity index (χ2v) is 7.23. The zero-order valence-corrected chi connectivity index (χ0v) is 16.2. The Kier molecular flexibility index (Phi) is 11.6. The van der Waals surface area contributed by atoms with Crippen LogP contribution in [0.15, 0.2) is 0 Å². The lowest BCUT2D eigenvalue weighted by Gasteiger charge is -2.24. The molecule has 0 aromatic heterocycles. The Labute approximate surface area is 155 Å². The zero-order chi connectivity index (χ0) is 20.2. The van der Waals surface area contributed by atoms with Crippen molar-refractivity contribution >= 4 is 17.9 Å². The van der Waals surface area contributed by atoms with Crippen molar-refractivity contribution < 1.29 is 19.1 Å². The molecule has 0 aliphatic carbocycles. The zero-order valence-electron chi connectivity index (χ0n) is 16.2. The van der Waals surface area contributed by atoms with Crippen molar-refractivity contribution in [2.75, 3.05) is 13.1 Å². The smallest absolute Gasteiger partial charge is 0.408 e. The first kappa shape index (κ1) is 24.1. The van der Waals surface area contributed by atoms with E-state index in [1.807, 2.05) is 0 Å². The predicted octanol–water partition coefficient (Wildman–Crippen LogP) is 0.108. The number of amides is 3. The van der Waals surface area contributed by atoms with Crippen LogP contribution in [-0.4, -0.2) is 48.7 Å². The molecule has 8 N–H and O–H groups in total. The number of primary amides is 1. The summed E-state index contributed by atoms with van der Waals surface area (Å²) in [6.45, 7) is 6.19. The molecule has 0 bridgehead atoms. The van der Waals surface area contributed by atoms with Crippen LogP contribution in [0.25, 0.3) is 0 Å². The lowest BCUT2D eigenvalue weighted by atomic mass is 10.1. The molecule has 0 aliphatic heterocycles.